The Kier molecular flexibility index (Phi) is 8.93. The van der Waals surface area contributed by atoms with Crippen LogP contribution in [0.5, 0.6) is 11.5 Å². The van der Waals surface area contributed by atoms with Crippen LogP contribution >= 0.6 is 35.0 Å². The van der Waals surface area contributed by atoms with Gasteiger partial charge >= 0.3 is 0 Å². The van der Waals surface area contributed by atoms with E-state index in [1.807, 2.05) is 12.1 Å². The summed E-state index contributed by atoms with van der Waals surface area (Å²) in [5.41, 5.74) is 1.18. The zero-order chi connectivity index (χ0) is 18.6. The van der Waals surface area contributed by atoms with Crippen LogP contribution in [0.15, 0.2) is 18.2 Å². The first-order chi connectivity index (χ1) is 12.6. The number of aliphatic hydroxyl groups is 1. The summed E-state index contributed by atoms with van der Waals surface area (Å²) in [6.07, 6.45) is 7.06. The molecule has 1 aromatic carbocycles. The van der Waals surface area contributed by atoms with E-state index in [0.29, 0.717) is 12.6 Å². The molecular weight excluding hydrogens is 481 g/mol. The molecule has 27 heavy (non-hydrogen) atoms. The van der Waals surface area contributed by atoms with Crippen molar-refractivity contribution in [3.8, 4) is 11.5 Å². The fourth-order valence-corrected chi connectivity index (χ4v) is 5.45. The molecule has 0 radical (unpaired) electrons. The quantitative estimate of drug-likeness (QED) is 0.440. The monoisotopic (exact) mass is 511 g/mol. The molecule has 154 valence electrons. The lowest BCUT2D eigenvalue weighted by Crippen LogP contribution is -2.54. The SMILES string of the molecule is COc1ccc(CCO[C@@]2(I)CCCC[C@H]2N2CCCC2O)cc1OC.Cl. The molecule has 2 aliphatic rings. The van der Waals surface area contributed by atoms with Crippen LogP contribution in [0.3, 0.4) is 0 Å². The molecule has 5 nitrogen and oxygen atoms in total. The summed E-state index contributed by atoms with van der Waals surface area (Å²) < 4.78 is 16.9. The molecule has 1 aliphatic carbocycles. The molecule has 1 aromatic rings. The molecule has 2 fully saturated rings. The van der Waals surface area contributed by atoms with Crippen molar-refractivity contribution in [2.24, 2.45) is 0 Å². The van der Waals surface area contributed by atoms with E-state index in [2.05, 4.69) is 33.6 Å². The van der Waals surface area contributed by atoms with Crippen molar-refractivity contribution in [3.63, 3.8) is 0 Å². The summed E-state index contributed by atoms with van der Waals surface area (Å²) in [4.78, 5) is 2.27. The van der Waals surface area contributed by atoms with Gasteiger partial charge in [-0.3, -0.25) is 4.90 Å². The van der Waals surface area contributed by atoms with Crippen molar-refractivity contribution in [1.82, 2.24) is 4.90 Å². The second-order valence-corrected chi connectivity index (χ2v) is 9.02. The van der Waals surface area contributed by atoms with E-state index in [0.717, 1.165) is 50.1 Å². The first-order valence-corrected chi connectivity index (χ1v) is 10.6. The topological polar surface area (TPSA) is 51.2 Å². The van der Waals surface area contributed by atoms with E-state index in [1.54, 1.807) is 14.2 Å². The highest BCUT2D eigenvalue weighted by atomic mass is 127. The molecule has 0 aromatic heterocycles. The third kappa shape index (κ3) is 5.41. The van der Waals surface area contributed by atoms with Gasteiger partial charge in [0.2, 0.25) is 0 Å². The van der Waals surface area contributed by atoms with Crippen LogP contribution in [0.1, 0.15) is 44.1 Å². The first kappa shape index (κ1) is 23.0. The highest BCUT2D eigenvalue weighted by Gasteiger charge is 2.45. The number of likely N-dealkylation sites (tertiary alicyclic amines) is 1. The molecule has 0 bridgehead atoms. The second kappa shape index (κ2) is 10.5. The number of benzene rings is 1. The van der Waals surface area contributed by atoms with Crippen LogP contribution in [-0.2, 0) is 11.2 Å². The Bertz CT molecular complexity index is 605. The standard InChI is InChI=1S/C20H30INO4.ClH/c1-24-16-9-8-15(14-17(16)25-2)10-13-26-20(21)11-4-3-6-18(20)22-12-5-7-19(22)23;/h8-9,14,18-19,23H,3-7,10-13H2,1-2H3;1H/t18-,19?,20+;/m1./s1. The maximum absolute atomic E-state index is 10.3. The number of alkyl halides is 1. The van der Waals surface area contributed by atoms with Gasteiger partial charge < -0.3 is 19.3 Å². The highest BCUT2D eigenvalue weighted by Crippen LogP contribution is 2.42. The minimum atomic E-state index is -0.304. The van der Waals surface area contributed by atoms with Crippen LogP contribution in [0.25, 0.3) is 0 Å². The summed E-state index contributed by atoms with van der Waals surface area (Å²) in [5, 5.41) is 10.3. The number of ether oxygens (including phenoxy) is 3. The average molecular weight is 512 g/mol. The molecular formula is C20H31ClINO4. The number of hydrogen-bond donors (Lipinski definition) is 1. The largest absolute Gasteiger partial charge is 0.493 e. The lowest BCUT2D eigenvalue weighted by Gasteiger charge is -2.45. The third-order valence-corrected chi connectivity index (χ3v) is 7.16. The molecule has 7 heteroatoms. The summed E-state index contributed by atoms with van der Waals surface area (Å²) in [5.74, 6) is 1.50. The van der Waals surface area contributed by atoms with Crippen LogP contribution in [0.4, 0.5) is 0 Å². The van der Waals surface area contributed by atoms with Crippen molar-refractivity contribution in [2.45, 2.75) is 60.8 Å². The van der Waals surface area contributed by atoms with Gasteiger partial charge in [-0.15, -0.1) is 12.4 Å². The predicted molar refractivity (Wildman–Crippen MR) is 117 cm³/mol. The van der Waals surface area contributed by atoms with Crippen LogP contribution in [0, 0.1) is 0 Å². The molecule has 1 heterocycles. The third-order valence-electron chi connectivity index (χ3n) is 5.59. The van der Waals surface area contributed by atoms with E-state index in [4.69, 9.17) is 14.2 Å². The smallest absolute Gasteiger partial charge is 0.160 e. The number of halogens is 2. The summed E-state index contributed by atoms with van der Waals surface area (Å²) in [7, 11) is 3.31. The highest BCUT2D eigenvalue weighted by molar-refractivity contribution is 14.1. The van der Waals surface area contributed by atoms with Gasteiger partial charge in [-0.1, -0.05) is 12.5 Å². The number of methoxy groups -OCH3 is 2. The Morgan fingerprint density at radius 1 is 1.15 bits per heavy atom. The van der Waals surface area contributed by atoms with Gasteiger partial charge in [-0.2, -0.15) is 0 Å². The first-order valence-electron chi connectivity index (χ1n) is 9.55. The van der Waals surface area contributed by atoms with E-state index in [1.165, 1.54) is 18.4 Å². The van der Waals surface area contributed by atoms with E-state index in [-0.39, 0.29) is 22.2 Å². The van der Waals surface area contributed by atoms with Crippen molar-refractivity contribution in [3.05, 3.63) is 23.8 Å². The Morgan fingerprint density at radius 3 is 2.59 bits per heavy atom. The number of aliphatic hydroxyl groups excluding tert-OH is 1. The van der Waals surface area contributed by atoms with E-state index in [9.17, 15) is 5.11 Å². The Labute approximate surface area is 182 Å². The van der Waals surface area contributed by atoms with Gasteiger partial charge in [-0.25, -0.2) is 0 Å². The second-order valence-electron chi connectivity index (χ2n) is 7.20. The predicted octanol–water partition coefficient (Wildman–Crippen LogP) is 4.17. The summed E-state index contributed by atoms with van der Waals surface area (Å²) in [6.45, 7) is 1.65. The van der Waals surface area contributed by atoms with Crippen molar-refractivity contribution in [2.75, 3.05) is 27.4 Å². The van der Waals surface area contributed by atoms with Gasteiger partial charge in [0.15, 0.2) is 11.5 Å². The van der Waals surface area contributed by atoms with Gasteiger partial charge in [-0.05, 0) is 78.8 Å². The van der Waals surface area contributed by atoms with Crippen molar-refractivity contribution >= 4 is 35.0 Å². The lowest BCUT2D eigenvalue weighted by molar-refractivity contribution is -0.0864. The minimum absolute atomic E-state index is 0. The zero-order valence-corrected chi connectivity index (χ0v) is 19.1. The van der Waals surface area contributed by atoms with Gasteiger partial charge in [0.25, 0.3) is 0 Å². The molecule has 0 spiro atoms. The number of nitrogens with zero attached hydrogens (tertiary/aromatic N) is 1. The maximum atomic E-state index is 10.3. The van der Waals surface area contributed by atoms with Crippen molar-refractivity contribution in [1.29, 1.82) is 0 Å². The van der Waals surface area contributed by atoms with E-state index >= 15 is 0 Å². The molecule has 1 saturated heterocycles. The van der Waals surface area contributed by atoms with Gasteiger partial charge in [0, 0.05) is 6.54 Å². The zero-order valence-electron chi connectivity index (χ0n) is 16.2. The molecule has 1 unspecified atom stereocenters. The minimum Gasteiger partial charge on any atom is -0.493 e. The maximum Gasteiger partial charge on any atom is 0.160 e. The lowest BCUT2D eigenvalue weighted by atomic mass is 9.91. The van der Waals surface area contributed by atoms with Crippen LogP contribution in [0.2, 0.25) is 0 Å². The van der Waals surface area contributed by atoms with Crippen LogP contribution in [-0.4, -0.2) is 53.3 Å². The average Bonchev–Trinajstić information content (AvgIpc) is 3.07. The summed E-state index contributed by atoms with van der Waals surface area (Å²) >= 11 is 2.50. The molecule has 1 N–H and O–H groups in total. The van der Waals surface area contributed by atoms with E-state index < -0.39 is 0 Å². The molecule has 3 rings (SSSR count). The normalized spacial score (nSPS) is 28.6. The van der Waals surface area contributed by atoms with Gasteiger partial charge in [0.05, 0.1) is 26.9 Å². The molecule has 1 aliphatic heterocycles. The van der Waals surface area contributed by atoms with Gasteiger partial charge in [0.1, 0.15) is 9.84 Å². The fourth-order valence-electron chi connectivity index (χ4n) is 4.18. The number of rotatable bonds is 7. The number of hydrogen-bond acceptors (Lipinski definition) is 5. The van der Waals surface area contributed by atoms with Crippen LogP contribution < -0.4 is 9.47 Å². The molecule has 0 amide bonds. The summed E-state index contributed by atoms with van der Waals surface area (Å²) in [6, 6.07) is 6.33. The molecule has 1 saturated carbocycles. The Morgan fingerprint density at radius 2 is 1.93 bits per heavy atom. The molecule has 3 atom stereocenters. The van der Waals surface area contributed by atoms with Crippen molar-refractivity contribution < 1.29 is 19.3 Å². The fraction of sp³-hybridized carbons (Fsp3) is 0.700. The Hall–Kier alpha value is -0.280. The Balaban J connectivity index is 0.00000261.